The first kappa shape index (κ1) is 16.6. The molecule has 102 valence electrons. The highest BCUT2D eigenvalue weighted by Crippen LogP contribution is 1.89. The molecule has 4 nitrogen and oxygen atoms in total. The van der Waals surface area contributed by atoms with Crippen LogP contribution in [0.3, 0.4) is 0 Å². The van der Waals surface area contributed by atoms with Crippen molar-refractivity contribution in [3.8, 4) is 0 Å². The van der Waals surface area contributed by atoms with E-state index in [9.17, 15) is 0 Å². The van der Waals surface area contributed by atoms with Gasteiger partial charge in [0.2, 0.25) is 0 Å². The molecule has 0 saturated carbocycles. The van der Waals surface area contributed by atoms with E-state index in [1.807, 2.05) is 6.92 Å². The molecule has 2 N–H and O–H groups in total. The lowest BCUT2D eigenvalue weighted by atomic mass is 10.3. The van der Waals surface area contributed by atoms with Crippen molar-refractivity contribution in [1.29, 1.82) is 0 Å². The average Bonchev–Trinajstić information content (AvgIpc) is 2.28. The van der Waals surface area contributed by atoms with E-state index in [-0.39, 0.29) is 6.04 Å². The van der Waals surface area contributed by atoms with Gasteiger partial charge in [-0.25, -0.2) is 0 Å². The molecule has 0 aromatic heterocycles. The van der Waals surface area contributed by atoms with E-state index < -0.39 is 0 Å². The highest BCUT2D eigenvalue weighted by Gasteiger charge is 2.02. The zero-order valence-electron chi connectivity index (χ0n) is 11.3. The summed E-state index contributed by atoms with van der Waals surface area (Å²) in [7, 11) is 1.68. The van der Waals surface area contributed by atoms with Gasteiger partial charge in [-0.2, -0.15) is 0 Å². The second-order valence-electron chi connectivity index (χ2n) is 4.08. The van der Waals surface area contributed by atoms with Crippen molar-refractivity contribution in [2.75, 3.05) is 33.5 Å². The second kappa shape index (κ2) is 12.1. The van der Waals surface area contributed by atoms with Crippen molar-refractivity contribution in [1.82, 2.24) is 10.6 Å². The molecule has 0 aliphatic rings. The lowest BCUT2D eigenvalue weighted by Gasteiger charge is -2.16. The second-order valence-corrected chi connectivity index (χ2v) is 4.48. The molecule has 5 heteroatoms. The molecule has 17 heavy (non-hydrogen) atoms. The Kier molecular flexibility index (Phi) is 11.8. The van der Waals surface area contributed by atoms with Gasteiger partial charge < -0.3 is 20.1 Å². The summed E-state index contributed by atoms with van der Waals surface area (Å²) in [6.07, 6.45) is 3.30. The Labute approximate surface area is 110 Å². The third kappa shape index (κ3) is 11.9. The first-order valence-corrected chi connectivity index (χ1v) is 6.72. The van der Waals surface area contributed by atoms with Gasteiger partial charge in [0.25, 0.3) is 0 Å². The summed E-state index contributed by atoms with van der Waals surface area (Å²) in [6, 6.07) is 0.237. The van der Waals surface area contributed by atoms with Crippen LogP contribution in [0.4, 0.5) is 0 Å². The van der Waals surface area contributed by atoms with Gasteiger partial charge in [0, 0.05) is 32.9 Å². The fraction of sp³-hybridized carbons (Fsp3) is 0.917. The van der Waals surface area contributed by atoms with Crippen LogP contribution in [0.25, 0.3) is 0 Å². The number of ether oxygens (including phenoxy) is 2. The highest BCUT2D eigenvalue weighted by atomic mass is 32.1. The largest absolute Gasteiger partial charge is 0.383 e. The third-order valence-corrected chi connectivity index (χ3v) is 2.45. The fourth-order valence-electron chi connectivity index (χ4n) is 1.29. The van der Waals surface area contributed by atoms with Gasteiger partial charge >= 0.3 is 0 Å². The van der Waals surface area contributed by atoms with E-state index in [4.69, 9.17) is 21.7 Å². The van der Waals surface area contributed by atoms with Crippen LogP contribution in [0, 0.1) is 0 Å². The van der Waals surface area contributed by atoms with Gasteiger partial charge in [-0.05, 0) is 32.0 Å². The van der Waals surface area contributed by atoms with E-state index in [0.717, 1.165) is 32.6 Å². The van der Waals surface area contributed by atoms with Gasteiger partial charge in [0.1, 0.15) is 0 Å². The molecule has 0 aromatic carbocycles. The van der Waals surface area contributed by atoms with Gasteiger partial charge in [-0.15, -0.1) is 0 Å². The molecule has 0 heterocycles. The summed E-state index contributed by atoms with van der Waals surface area (Å²) in [5.74, 6) is 0. The van der Waals surface area contributed by atoms with Crippen LogP contribution in [0.1, 0.15) is 33.1 Å². The molecule has 0 spiro atoms. The van der Waals surface area contributed by atoms with Gasteiger partial charge in [0.05, 0.1) is 6.61 Å². The molecule has 1 unspecified atom stereocenters. The van der Waals surface area contributed by atoms with E-state index in [2.05, 4.69) is 17.6 Å². The van der Waals surface area contributed by atoms with Crippen LogP contribution < -0.4 is 10.6 Å². The monoisotopic (exact) mass is 262 g/mol. The number of methoxy groups -OCH3 is 1. The van der Waals surface area contributed by atoms with Crippen LogP contribution >= 0.6 is 12.2 Å². The number of thiocarbonyl (C=S) groups is 1. The van der Waals surface area contributed by atoms with Gasteiger partial charge in [-0.3, -0.25) is 0 Å². The number of unbranched alkanes of at least 4 members (excludes halogenated alkanes) is 1. The third-order valence-electron chi connectivity index (χ3n) is 2.19. The van der Waals surface area contributed by atoms with Crippen LogP contribution in [0.2, 0.25) is 0 Å². The lowest BCUT2D eigenvalue weighted by Crippen LogP contribution is -2.42. The van der Waals surface area contributed by atoms with Crippen LogP contribution in [-0.4, -0.2) is 44.6 Å². The molecule has 0 aliphatic carbocycles. The molecule has 1 atom stereocenters. The molecule has 0 amide bonds. The molecule has 0 radical (unpaired) electrons. The zero-order chi connectivity index (χ0) is 12.9. The summed E-state index contributed by atoms with van der Waals surface area (Å²) in [6.45, 7) is 7.36. The Balaban J connectivity index is 3.27. The van der Waals surface area contributed by atoms with Crippen LogP contribution in [0.15, 0.2) is 0 Å². The van der Waals surface area contributed by atoms with E-state index >= 15 is 0 Å². The SMILES string of the molecule is CCCCOCCCNC(=S)NC(C)COC. The molecular formula is C12H26N2O2S. The number of hydrogen-bond acceptors (Lipinski definition) is 3. The Morgan fingerprint density at radius 1 is 1.29 bits per heavy atom. The minimum Gasteiger partial charge on any atom is -0.383 e. The predicted octanol–water partition coefficient (Wildman–Crippen LogP) is 1.69. The average molecular weight is 262 g/mol. The first-order chi connectivity index (χ1) is 8.20. The number of rotatable bonds is 10. The van der Waals surface area contributed by atoms with E-state index in [1.165, 1.54) is 6.42 Å². The number of nitrogens with one attached hydrogen (secondary N) is 2. The Morgan fingerprint density at radius 2 is 2.00 bits per heavy atom. The zero-order valence-corrected chi connectivity index (χ0v) is 12.1. The van der Waals surface area contributed by atoms with Crippen molar-refractivity contribution in [3.05, 3.63) is 0 Å². The lowest BCUT2D eigenvalue weighted by molar-refractivity contribution is 0.129. The minimum atomic E-state index is 0.237. The van der Waals surface area contributed by atoms with E-state index in [0.29, 0.717) is 11.7 Å². The molecule has 0 saturated heterocycles. The topological polar surface area (TPSA) is 42.5 Å². The maximum Gasteiger partial charge on any atom is 0.166 e. The van der Waals surface area contributed by atoms with Crippen molar-refractivity contribution in [2.24, 2.45) is 0 Å². The maximum absolute atomic E-state index is 5.45. The summed E-state index contributed by atoms with van der Waals surface area (Å²) in [5, 5.41) is 6.98. The molecular weight excluding hydrogens is 236 g/mol. The maximum atomic E-state index is 5.45. The minimum absolute atomic E-state index is 0.237. The Bertz CT molecular complexity index is 191. The van der Waals surface area contributed by atoms with Crippen molar-refractivity contribution in [2.45, 2.75) is 39.2 Å². The summed E-state index contributed by atoms with van der Waals surface area (Å²) in [4.78, 5) is 0. The van der Waals surface area contributed by atoms with Crippen molar-refractivity contribution in [3.63, 3.8) is 0 Å². The van der Waals surface area contributed by atoms with Crippen molar-refractivity contribution >= 4 is 17.3 Å². The standard InChI is InChI=1S/C12H26N2O2S/c1-4-5-8-16-9-6-7-13-12(17)14-11(2)10-15-3/h11H,4-10H2,1-3H3,(H2,13,14,17). The van der Waals surface area contributed by atoms with Crippen molar-refractivity contribution < 1.29 is 9.47 Å². The fourth-order valence-corrected chi connectivity index (χ4v) is 1.59. The quantitative estimate of drug-likeness (QED) is 0.463. The summed E-state index contributed by atoms with van der Waals surface area (Å²) < 4.78 is 10.5. The van der Waals surface area contributed by atoms with Gasteiger partial charge in [-0.1, -0.05) is 13.3 Å². The molecule has 0 aromatic rings. The Hall–Kier alpha value is -0.390. The number of hydrogen-bond donors (Lipinski definition) is 2. The molecule has 0 bridgehead atoms. The van der Waals surface area contributed by atoms with E-state index in [1.54, 1.807) is 7.11 Å². The summed E-state index contributed by atoms with van der Waals surface area (Å²) >= 11 is 5.15. The highest BCUT2D eigenvalue weighted by molar-refractivity contribution is 7.80. The molecule has 0 rings (SSSR count). The smallest absolute Gasteiger partial charge is 0.166 e. The predicted molar refractivity (Wildman–Crippen MR) is 75.4 cm³/mol. The molecule has 0 fully saturated rings. The van der Waals surface area contributed by atoms with Crippen LogP contribution in [0.5, 0.6) is 0 Å². The summed E-state index contributed by atoms with van der Waals surface area (Å²) in [5.41, 5.74) is 0. The van der Waals surface area contributed by atoms with Gasteiger partial charge in [0.15, 0.2) is 5.11 Å². The Morgan fingerprint density at radius 3 is 2.65 bits per heavy atom. The van der Waals surface area contributed by atoms with Crippen LogP contribution in [-0.2, 0) is 9.47 Å². The molecule has 0 aliphatic heterocycles. The first-order valence-electron chi connectivity index (χ1n) is 6.31. The normalized spacial score (nSPS) is 12.2.